The van der Waals surface area contributed by atoms with Crippen LogP contribution in [-0.4, -0.2) is 27.9 Å². The molecule has 0 amide bonds. The van der Waals surface area contributed by atoms with Crippen molar-refractivity contribution >= 4 is 0 Å². The highest BCUT2D eigenvalue weighted by molar-refractivity contribution is 5.01. The van der Waals surface area contributed by atoms with Crippen molar-refractivity contribution in [1.29, 1.82) is 0 Å². The van der Waals surface area contributed by atoms with Crippen LogP contribution in [0.25, 0.3) is 0 Å². The van der Waals surface area contributed by atoms with Crippen LogP contribution in [0.5, 0.6) is 0 Å². The van der Waals surface area contributed by atoms with Crippen molar-refractivity contribution in [2.45, 2.75) is 63.0 Å². The summed E-state index contributed by atoms with van der Waals surface area (Å²) in [5.74, 6) is 1.98. The van der Waals surface area contributed by atoms with Crippen molar-refractivity contribution in [1.82, 2.24) is 15.5 Å². The summed E-state index contributed by atoms with van der Waals surface area (Å²) >= 11 is 0. The van der Waals surface area contributed by atoms with Crippen LogP contribution in [0.1, 0.15) is 68.6 Å². The molecule has 1 aliphatic carbocycles. The van der Waals surface area contributed by atoms with Gasteiger partial charge >= 0.3 is 0 Å². The van der Waals surface area contributed by atoms with Crippen LogP contribution in [0.4, 0.5) is 0 Å². The maximum absolute atomic E-state index is 9.50. The summed E-state index contributed by atoms with van der Waals surface area (Å²) in [5, 5.41) is 16.8. The third kappa shape index (κ3) is 2.57. The average molecular weight is 251 g/mol. The predicted molar refractivity (Wildman–Crippen MR) is 66.1 cm³/mol. The minimum Gasteiger partial charge on any atom is -0.392 e. The summed E-state index contributed by atoms with van der Waals surface area (Å²) in [6, 6.07) is 0.0343. The number of aromatic nitrogens is 2. The first kappa shape index (κ1) is 12.1. The number of aliphatic hydroxyl groups excluding tert-OH is 1. The van der Waals surface area contributed by atoms with Crippen molar-refractivity contribution in [3.63, 3.8) is 0 Å². The molecule has 2 aliphatic rings. The van der Waals surface area contributed by atoms with Gasteiger partial charge in [0.15, 0.2) is 5.82 Å². The number of nitrogens with zero attached hydrogens (tertiary/aromatic N) is 2. The summed E-state index contributed by atoms with van der Waals surface area (Å²) in [7, 11) is 0. The number of β-amino-alcohol motifs (C(OH)–C–C–N with tert-alkyl or cyclic N) is 1. The zero-order chi connectivity index (χ0) is 12.4. The predicted octanol–water partition coefficient (Wildman–Crippen LogP) is 1.90. The lowest BCUT2D eigenvalue weighted by atomic mass is 10.00. The number of rotatable bonds is 2. The van der Waals surface area contributed by atoms with Gasteiger partial charge in [-0.15, -0.1) is 0 Å². The van der Waals surface area contributed by atoms with Gasteiger partial charge in [-0.25, -0.2) is 0 Å². The highest BCUT2D eigenvalue weighted by Gasteiger charge is 2.29. The van der Waals surface area contributed by atoms with Crippen LogP contribution in [0.2, 0.25) is 0 Å². The smallest absolute Gasteiger partial charge is 0.243 e. The monoisotopic (exact) mass is 251 g/mol. The molecule has 1 saturated carbocycles. The summed E-state index contributed by atoms with van der Waals surface area (Å²) in [6.07, 6.45) is 7.95. The minimum absolute atomic E-state index is 0.0343. The first-order chi connectivity index (χ1) is 8.83. The number of hydrogen-bond donors (Lipinski definition) is 2. The molecule has 0 bridgehead atoms. The van der Waals surface area contributed by atoms with Crippen LogP contribution >= 0.6 is 0 Å². The van der Waals surface area contributed by atoms with Crippen molar-refractivity contribution < 1.29 is 9.63 Å². The Balaban J connectivity index is 1.68. The highest BCUT2D eigenvalue weighted by Crippen LogP contribution is 2.31. The van der Waals surface area contributed by atoms with E-state index in [1.165, 1.54) is 38.5 Å². The third-order valence-electron chi connectivity index (χ3n) is 4.08. The van der Waals surface area contributed by atoms with Crippen molar-refractivity contribution in [3.05, 3.63) is 11.7 Å². The fraction of sp³-hybridized carbons (Fsp3) is 0.846. The van der Waals surface area contributed by atoms with Gasteiger partial charge in [0.25, 0.3) is 0 Å². The fourth-order valence-electron chi connectivity index (χ4n) is 3.00. The standard InChI is InChI=1S/C13H21N3O2/c17-10-7-11(14-8-10)13-15-12(16-18-13)9-5-3-1-2-4-6-9/h9-11,14,17H,1-8H2/t10-,11+/m1/s1. The van der Waals surface area contributed by atoms with E-state index in [1.54, 1.807) is 0 Å². The molecule has 1 aliphatic heterocycles. The zero-order valence-electron chi connectivity index (χ0n) is 10.6. The zero-order valence-corrected chi connectivity index (χ0v) is 10.6. The average Bonchev–Trinajstić information content (AvgIpc) is 2.92. The molecule has 1 aromatic rings. The summed E-state index contributed by atoms with van der Waals surface area (Å²) in [5.41, 5.74) is 0. The number of aliphatic hydroxyl groups is 1. The highest BCUT2D eigenvalue weighted by atomic mass is 16.5. The molecule has 2 heterocycles. The Kier molecular flexibility index (Phi) is 3.61. The molecule has 5 heteroatoms. The van der Waals surface area contributed by atoms with Gasteiger partial charge in [-0.05, 0) is 19.3 Å². The molecule has 1 saturated heterocycles. The maximum atomic E-state index is 9.50. The van der Waals surface area contributed by atoms with Gasteiger partial charge in [-0.3, -0.25) is 0 Å². The molecule has 5 nitrogen and oxygen atoms in total. The van der Waals surface area contributed by atoms with Crippen LogP contribution in [0, 0.1) is 0 Å². The van der Waals surface area contributed by atoms with E-state index in [0.29, 0.717) is 24.8 Å². The van der Waals surface area contributed by atoms with Gasteiger partial charge < -0.3 is 14.9 Å². The lowest BCUT2D eigenvalue weighted by Gasteiger charge is -2.07. The summed E-state index contributed by atoms with van der Waals surface area (Å²) < 4.78 is 5.36. The SMILES string of the molecule is O[C@H]1CN[C@H](c2nc(C3CCCCCC3)no2)C1. The second-order valence-electron chi connectivity index (χ2n) is 5.53. The topological polar surface area (TPSA) is 71.2 Å². The Morgan fingerprint density at radius 1 is 1.17 bits per heavy atom. The maximum Gasteiger partial charge on any atom is 0.243 e. The Morgan fingerprint density at radius 2 is 1.94 bits per heavy atom. The number of hydrogen-bond acceptors (Lipinski definition) is 5. The van der Waals surface area contributed by atoms with Gasteiger partial charge in [-0.1, -0.05) is 30.8 Å². The van der Waals surface area contributed by atoms with Gasteiger partial charge in [-0.2, -0.15) is 4.98 Å². The molecule has 3 rings (SSSR count). The first-order valence-electron chi connectivity index (χ1n) is 7.08. The lowest BCUT2D eigenvalue weighted by molar-refractivity contribution is 0.191. The molecule has 0 unspecified atom stereocenters. The Bertz CT molecular complexity index is 385. The fourth-order valence-corrected chi connectivity index (χ4v) is 3.00. The molecule has 18 heavy (non-hydrogen) atoms. The molecular weight excluding hydrogens is 230 g/mol. The third-order valence-corrected chi connectivity index (χ3v) is 4.08. The van der Waals surface area contributed by atoms with Crippen LogP contribution in [0.15, 0.2) is 4.52 Å². The Morgan fingerprint density at radius 3 is 2.61 bits per heavy atom. The van der Waals surface area contributed by atoms with Crippen molar-refractivity contribution in [3.8, 4) is 0 Å². The molecule has 0 aromatic carbocycles. The molecular formula is C13H21N3O2. The van der Waals surface area contributed by atoms with E-state index < -0.39 is 0 Å². The largest absolute Gasteiger partial charge is 0.392 e. The molecule has 2 atom stereocenters. The minimum atomic E-state index is -0.289. The lowest BCUT2D eigenvalue weighted by Crippen LogP contribution is -2.15. The first-order valence-corrected chi connectivity index (χ1v) is 7.08. The second kappa shape index (κ2) is 5.36. The molecule has 100 valence electrons. The van der Waals surface area contributed by atoms with E-state index in [4.69, 9.17) is 4.52 Å². The van der Waals surface area contributed by atoms with E-state index in [1.807, 2.05) is 0 Å². The summed E-state index contributed by atoms with van der Waals surface area (Å²) in [6.45, 7) is 0.617. The van der Waals surface area contributed by atoms with Crippen molar-refractivity contribution in [2.24, 2.45) is 0 Å². The van der Waals surface area contributed by atoms with Crippen LogP contribution < -0.4 is 5.32 Å². The quantitative estimate of drug-likeness (QED) is 0.786. The van der Waals surface area contributed by atoms with E-state index >= 15 is 0 Å². The van der Waals surface area contributed by atoms with Gasteiger partial charge in [0.05, 0.1) is 12.1 Å². The van der Waals surface area contributed by atoms with Gasteiger partial charge in [0, 0.05) is 12.5 Å². The molecule has 0 spiro atoms. The normalized spacial score (nSPS) is 30.5. The van der Waals surface area contributed by atoms with E-state index in [9.17, 15) is 5.11 Å². The van der Waals surface area contributed by atoms with Gasteiger partial charge in [0.2, 0.25) is 5.89 Å². The van der Waals surface area contributed by atoms with Crippen LogP contribution in [0.3, 0.4) is 0 Å². The van der Waals surface area contributed by atoms with Crippen molar-refractivity contribution in [2.75, 3.05) is 6.54 Å². The van der Waals surface area contributed by atoms with Gasteiger partial charge in [0.1, 0.15) is 0 Å². The number of nitrogens with one attached hydrogen (secondary N) is 1. The molecule has 1 aromatic heterocycles. The van der Waals surface area contributed by atoms with Crippen LogP contribution in [-0.2, 0) is 0 Å². The second-order valence-corrected chi connectivity index (χ2v) is 5.53. The van der Waals surface area contributed by atoms with E-state index in [-0.39, 0.29) is 12.1 Å². The molecule has 0 radical (unpaired) electrons. The molecule has 2 fully saturated rings. The Hall–Kier alpha value is -0.940. The van der Waals surface area contributed by atoms with E-state index in [0.717, 1.165) is 5.82 Å². The van der Waals surface area contributed by atoms with E-state index in [2.05, 4.69) is 15.5 Å². The summed E-state index contributed by atoms with van der Waals surface area (Å²) in [4.78, 5) is 4.54. The Labute approximate surface area is 107 Å². The molecule has 2 N–H and O–H groups in total.